The molecule has 0 spiro atoms. The van der Waals surface area contributed by atoms with E-state index in [2.05, 4.69) is 37.4 Å². The van der Waals surface area contributed by atoms with Crippen molar-refractivity contribution in [1.82, 2.24) is 5.32 Å². The second-order valence-electron chi connectivity index (χ2n) is 5.52. The molecule has 1 aliphatic carbocycles. The molecule has 0 unspecified atom stereocenters. The molecule has 1 aromatic rings. The van der Waals surface area contributed by atoms with Crippen LogP contribution in [0.2, 0.25) is 0 Å². The number of aryl methyl sites for hydroxylation is 1. The third kappa shape index (κ3) is 1.33. The van der Waals surface area contributed by atoms with Crippen molar-refractivity contribution in [2.75, 3.05) is 6.54 Å². The third-order valence-corrected chi connectivity index (χ3v) is 4.17. The molecule has 1 aromatic carbocycles. The molecule has 0 aromatic heterocycles. The van der Waals surface area contributed by atoms with E-state index in [0.717, 1.165) is 0 Å². The molecule has 2 atom stereocenters. The fourth-order valence-electron chi connectivity index (χ4n) is 3.41. The number of rotatable bonds is 0. The van der Waals surface area contributed by atoms with Crippen molar-refractivity contribution in [2.24, 2.45) is 5.41 Å². The monoisotopic (exact) mass is 201 g/mol. The molecule has 15 heavy (non-hydrogen) atoms. The van der Waals surface area contributed by atoms with Crippen LogP contribution >= 0.6 is 0 Å². The van der Waals surface area contributed by atoms with Crippen molar-refractivity contribution in [3.8, 4) is 0 Å². The number of hydrogen-bond donors (Lipinski definition) is 1. The Morgan fingerprint density at radius 1 is 1.40 bits per heavy atom. The van der Waals surface area contributed by atoms with Crippen LogP contribution in [0.15, 0.2) is 18.2 Å². The van der Waals surface area contributed by atoms with Crippen LogP contribution in [-0.4, -0.2) is 6.54 Å². The molecule has 0 bridgehead atoms. The van der Waals surface area contributed by atoms with Gasteiger partial charge in [-0.2, -0.15) is 0 Å². The van der Waals surface area contributed by atoms with E-state index in [-0.39, 0.29) is 0 Å². The summed E-state index contributed by atoms with van der Waals surface area (Å²) >= 11 is 0. The average Bonchev–Trinajstić information content (AvgIpc) is 2.48. The van der Waals surface area contributed by atoms with Gasteiger partial charge in [0.15, 0.2) is 0 Å². The summed E-state index contributed by atoms with van der Waals surface area (Å²) in [6, 6.07) is 7.57. The van der Waals surface area contributed by atoms with Gasteiger partial charge in [0.25, 0.3) is 0 Å². The minimum Gasteiger partial charge on any atom is -0.309 e. The first kappa shape index (κ1) is 9.41. The standard InChI is InChI=1S/C14H19N/c1-10-4-5-12-11(8-10)9-14(2)6-3-7-15-13(12)14/h4-5,8,13,15H,3,6-7,9H2,1-2H3/t13-,14+/m1/s1. The minimum absolute atomic E-state index is 0.481. The lowest BCUT2D eigenvalue weighted by Gasteiger charge is -2.37. The lowest BCUT2D eigenvalue weighted by molar-refractivity contribution is 0.178. The number of benzene rings is 1. The molecule has 1 N–H and O–H groups in total. The molecular formula is C14H19N. The summed E-state index contributed by atoms with van der Waals surface area (Å²) in [5.74, 6) is 0. The lowest BCUT2D eigenvalue weighted by Crippen LogP contribution is -2.38. The maximum absolute atomic E-state index is 3.70. The Labute approximate surface area is 91.9 Å². The van der Waals surface area contributed by atoms with E-state index < -0.39 is 0 Å². The zero-order valence-electron chi connectivity index (χ0n) is 9.64. The van der Waals surface area contributed by atoms with Crippen molar-refractivity contribution < 1.29 is 0 Å². The molecule has 1 aliphatic heterocycles. The molecule has 1 heteroatoms. The highest BCUT2D eigenvalue weighted by Crippen LogP contribution is 2.50. The van der Waals surface area contributed by atoms with Gasteiger partial charge in [-0.05, 0) is 49.3 Å². The summed E-state index contributed by atoms with van der Waals surface area (Å²) in [6.07, 6.45) is 3.97. The van der Waals surface area contributed by atoms with Gasteiger partial charge in [0.1, 0.15) is 0 Å². The van der Waals surface area contributed by atoms with Crippen LogP contribution < -0.4 is 5.32 Å². The third-order valence-electron chi connectivity index (χ3n) is 4.17. The molecular weight excluding hydrogens is 182 g/mol. The Balaban J connectivity index is 2.07. The Morgan fingerprint density at radius 3 is 3.13 bits per heavy atom. The first-order valence-corrected chi connectivity index (χ1v) is 6.02. The van der Waals surface area contributed by atoms with E-state index in [1.165, 1.54) is 31.4 Å². The van der Waals surface area contributed by atoms with Gasteiger partial charge in [-0.25, -0.2) is 0 Å². The smallest absolute Gasteiger partial charge is 0.0380 e. The van der Waals surface area contributed by atoms with Crippen molar-refractivity contribution in [2.45, 2.75) is 39.2 Å². The van der Waals surface area contributed by atoms with Crippen LogP contribution in [0.3, 0.4) is 0 Å². The van der Waals surface area contributed by atoms with Gasteiger partial charge < -0.3 is 5.32 Å². The second kappa shape index (κ2) is 3.08. The molecule has 0 saturated carbocycles. The molecule has 1 saturated heterocycles. The zero-order chi connectivity index (χ0) is 10.5. The summed E-state index contributed by atoms with van der Waals surface area (Å²) in [5, 5.41) is 3.70. The molecule has 1 nitrogen and oxygen atoms in total. The molecule has 0 radical (unpaired) electrons. The van der Waals surface area contributed by atoms with Crippen molar-refractivity contribution in [1.29, 1.82) is 0 Å². The largest absolute Gasteiger partial charge is 0.309 e. The van der Waals surface area contributed by atoms with Crippen LogP contribution in [0.5, 0.6) is 0 Å². The maximum Gasteiger partial charge on any atom is 0.0380 e. The van der Waals surface area contributed by atoms with Crippen molar-refractivity contribution in [3.05, 3.63) is 34.9 Å². The van der Waals surface area contributed by atoms with E-state index in [0.29, 0.717) is 11.5 Å². The van der Waals surface area contributed by atoms with Crippen LogP contribution in [0.4, 0.5) is 0 Å². The fraction of sp³-hybridized carbons (Fsp3) is 0.571. The zero-order valence-corrected chi connectivity index (χ0v) is 9.64. The fourth-order valence-corrected chi connectivity index (χ4v) is 3.41. The second-order valence-corrected chi connectivity index (χ2v) is 5.52. The Hall–Kier alpha value is -0.820. The quantitative estimate of drug-likeness (QED) is 0.680. The maximum atomic E-state index is 3.70. The van der Waals surface area contributed by atoms with Crippen LogP contribution in [0.1, 0.15) is 42.5 Å². The molecule has 1 heterocycles. The van der Waals surface area contributed by atoms with E-state index in [4.69, 9.17) is 0 Å². The van der Waals surface area contributed by atoms with Gasteiger partial charge in [0, 0.05) is 6.04 Å². The molecule has 1 fully saturated rings. The summed E-state index contributed by atoms with van der Waals surface area (Å²) in [7, 11) is 0. The van der Waals surface area contributed by atoms with Gasteiger partial charge in [-0.15, -0.1) is 0 Å². The van der Waals surface area contributed by atoms with Crippen LogP contribution in [-0.2, 0) is 6.42 Å². The molecule has 2 aliphatic rings. The van der Waals surface area contributed by atoms with Crippen molar-refractivity contribution in [3.63, 3.8) is 0 Å². The topological polar surface area (TPSA) is 12.0 Å². The van der Waals surface area contributed by atoms with Gasteiger partial charge in [-0.3, -0.25) is 0 Å². The summed E-state index contributed by atoms with van der Waals surface area (Å²) in [4.78, 5) is 0. The first-order valence-electron chi connectivity index (χ1n) is 6.02. The number of nitrogens with one attached hydrogen (secondary N) is 1. The van der Waals surface area contributed by atoms with E-state index in [9.17, 15) is 0 Å². The summed E-state index contributed by atoms with van der Waals surface area (Å²) in [6.45, 7) is 5.82. The first-order chi connectivity index (χ1) is 7.19. The van der Waals surface area contributed by atoms with Gasteiger partial charge in [0.05, 0.1) is 0 Å². The number of piperidine rings is 1. The highest BCUT2D eigenvalue weighted by Gasteiger charge is 2.43. The van der Waals surface area contributed by atoms with Crippen molar-refractivity contribution >= 4 is 0 Å². The predicted molar refractivity (Wildman–Crippen MR) is 63.0 cm³/mol. The van der Waals surface area contributed by atoms with E-state index in [1.54, 1.807) is 11.1 Å². The molecule has 0 amide bonds. The average molecular weight is 201 g/mol. The highest BCUT2D eigenvalue weighted by molar-refractivity contribution is 5.40. The van der Waals surface area contributed by atoms with Gasteiger partial charge in [-0.1, -0.05) is 30.7 Å². The number of hydrogen-bond acceptors (Lipinski definition) is 1. The normalized spacial score (nSPS) is 33.6. The summed E-state index contributed by atoms with van der Waals surface area (Å²) in [5.41, 5.74) is 5.02. The Morgan fingerprint density at radius 2 is 2.27 bits per heavy atom. The van der Waals surface area contributed by atoms with Crippen LogP contribution in [0, 0.1) is 12.3 Å². The Kier molecular flexibility index (Phi) is 1.93. The van der Waals surface area contributed by atoms with Gasteiger partial charge >= 0.3 is 0 Å². The van der Waals surface area contributed by atoms with E-state index >= 15 is 0 Å². The predicted octanol–water partition coefficient (Wildman–Crippen LogP) is 2.98. The molecule has 3 rings (SSSR count). The lowest BCUT2D eigenvalue weighted by atomic mass is 9.76. The van der Waals surface area contributed by atoms with Crippen LogP contribution in [0.25, 0.3) is 0 Å². The van der Waals surface area contributed by atoms with Gasteiger partial charge in [0.2, 0.25) is 0 Å². The SMILES string of the molecule is Cc1ccc2c(c1)C[C@]1(C)CCCN[C@H]21. The number of fused-ring (bicyclic) bond motifs is 3. The Bertz CT molecular complexity index is 396. The summed E-state index contributed by atoms with van der Waals surface area (Å²) < 4.78 is 0. The highest BCUT2D eigenvalue weighted by atomic mass is 15.0. The minimum atomic E-state index is 0.481. The van der Waals surface area contributed by atoms with E-state index in [1.807, 2.05) is 0 Å². The molecule has 80 valence electrons.